The Bertz CT molecular complexity index is 656. The topological polar surface area (TPSA) is 42.0 Å². The molecule has 3 rings (SSSR count). The van der Waals surface area contributed by atoms with Gasteiger partial charge < -0.3 is 5.32 Å². The number of carbonyl (C=O) groups excluding carboxylic acids is 1. The fraction of sp³-hybridized carbons (Fsp3) is 0.375. The molecule has 5 heteroatoms. The molecule has 0 radical (unpaired) electrons. The summed E-state index contributed by atoms with van der Waals surface area (Å²) in [5, 5.41) is 4.44. The van der Waals surface area contributed by atoms with Gasteiger partial charge in [0.1, 0.15) is 5.69 Å². The second-order valence-corrected chi connectivity index (χ2v) is 6.90. The number of halogens is 1. The third-order valence-electron chi connectivity index (χ3n) is 3.79. The molecule has 0 unspecified atom stereocenters. The average molecular weight is 321 g/mol. The summed E-state index contributed by atoms with van der Waals surface area (Å²) in [4.78, 5) is 16.6. The fourth-order valence-corrected chi connectivity index (χ4v) is 3.99. The van der Waals surface area contributed by atoms with Crippen molar-refractivity contribution in [1.82, 2.24) is 10.3 Å². The van der Waals surface area contributed by atoms with Gasteiger partial charge in [-0.3, -0.25) is 4.79 Å². The highest BCUT2D eigenvalue weighted by Crippen LogP contribution is 2.24. The molecule has 0 aliphatic carbocycles. The van der Waals surface area contributed by atoms with Crippen LogP contribution in [0.4, 0.5) is 0 Å². The number of fused-ring (bicyclic) bond motifs is 1. The molecule has 1 N–H and O–H groups in total. The number of nitrogens with zero attached hydrogens (tertiary/aromatic N) is 1. The largest absolute Gasteiger partial charge is 0.350 e. The van der Waals surface area contributed by atoms with Gasteiger partial charge in [0.2, 0.25) is 0 Å². The molecule has 3 nitrogen and oxygen atoms in total. The monoisotopic (exact) mass is 320 g/mol. The van der Waals surface area contributed by atoms with E-state index in [-0.39, 0.29) is 5.91 Å². The lowest BCUT2D eigenvalue weighted by atomic mass is 10.0. The molecule has 1 amide bonds. The van der Waals surface area contributed by atoms with Crippen LogP contribution in [0.1, 0.15) is 23.3 Å². The minimum atomic E-state index is -0.138. The molecular formula is C16H17ClN2OS. The Kier molecular flexibility index (Phi) is 4.66. The van der Waals surface area contributed by atoms with Crippen molar-refractivity contribution in [3.63, 3.8) is 0 Å². The first-order valence-electron chi connectivity index (χ1n) is 7.15. The minimum absolute atomic E-state index is 0.138. The zero-order chi connectivity index (χ0) is 14.7. The highest BCUT2D eigenvalue weighted by atomic mass is 35.5. The summed E-state index contributed by atoms with van der Waals surface area (Å²) in [7, 11) is 0. The number of hydrogen-bond acceptors (Lipinski definition) is 3. The molecule has 1 aromatic carbocycles. The summed E-state index contributed by atoms with van der Waals surface area (Å²) in [6.07, 6.45) is 2.35. The van der Waals surface area contributed by atoms with E-state index < -0.39 is 0 Å². The van der Waals surface area contributed by atoms with E-state index in [1.54, 1.807) is 6.07 Å². The highest BCUT2D eigenvalue weighted by molar-refractivity contribution is 7.99. The predicted octanol–water partition coefficient (Wildman–Crippen LogP) is 3.76. The Balaban J connectivity index is 1.72. The van der Waals surface area contributed by atoms with Crippen molar-refractivity contribution in [2.24, 2.45) is 5.92 Å². The quantitative estimate of drug-likeness (QED) is 0.936. The molecule has 0 atom stereocenters. The normalized spacial score (nSPS) is 16.0. The lowest BCUT2D eigenvalue weighted by Gasteiger charge is -2.21. The second kappa shape index (κ2) is 6.67. The van der Waals surface area contributed by atoms with E-state index >= 15 is 0 Å². The summed E-state index contributed by atoms with van der Waals surface area (Å²) in [5.74, 6) is 2.84. The van der Waals surface area contributed by atoms with Crippen molar-refractivity contribution in [2.45, 2.75) is 12.8 Å². The Labute approximate surface area is 133 Å². The van der Waals surface area contributed by atoms with Crippen LogP contribution in [0, 0.1) is 5.92 Å². The van der Waals surface area contributed by atoms with E-state index in [0.29, 0.717) is 16.6 Å². The second-order valence-electron chi connectivity index (χ2n) is 5.27. The maximum Gasteiger partial charge on any atom is 0.269 e. The van der Waals surface area contributed by atoms with Gasteiger partial charge in [-0.2, -0.15) is 11.8 Å². The van der Waals surface area contributed by atoms with Crippen LogP contribution in [0.25, 0.3) is 10.9 Å². The molecule has 1 aliphatic rings. The fourth-order valence-electron chi connectivity index (χ4n) is 2.53. The van der Waals surface area contributed by atoms with Gasteiger partial charge in [-0.15, -0.1) is 0 Å². The van der Waals surface area contributed by atoms with E-state index in [2.05, 4.69) is 10.3 Å². The van der Waals surface area contributed by atoms with Gasteiger partial charge in [0.15, 0.2) is 0 Å². The number of para-hydroxylation sites is 1. The number of aromatic nitrogens is 1. The maximum atomic E-state index is 12.2. The lowest BCUT2D eigenvalue weighted by Crippen LogP contribution is -2.31. The molecule has 1 aromatic heterocycles. The number of thioether (sulfide) groups is 1. The first kappa shape index (κ1) is 14.7. The molecule has 2 heterocycles. The van der Waals surface area contributed by atoms with Crippen LogP contribution in [0.3, 0.4) is 0 Å². The molecule has 1 fully saturated rings. The number of amides is 1. The van der Waals surface area contributed by atoms with Crippen LogP contribution in [0.2, 0.25) is 5.02 Å². The van der Waals surface area contributed by atoms with Crippen LogP contribution >= 0.6 is 23.4 Å². The minimum Gasteiger partial charge on any atom is -0.350 e. The number of nitrogens with one attached hydrogen (secondary N) is 1. The van der Waals surface area contributed by atoms with Crippen molar-refractivity contribution in [3.8, 4) is 0 Å². The Morgan fingerprint density at radius 1 is 1.33 bits per heavy atom. The summed E-state index contributed by atoms with van der Waals surface area (Å²) >= 11 is 8.22. The summed E-state index contributed by atoms with van der Waals surface area (Å²) in [6.45, 7) is 0.728. The average Bonchev–Trinajstić information content (AvgIpc) is 2.53. The van der Waals surface area contributed by atoms with Gasteiger partial charge in [-0.05, 0) is 42.4 Å². The van der Waals surface area contributed by atoms with Gasteiger partial charge in [0.25, 0.3) is 5.91 Å². The number of hydrogen-bond donors (Lipinski definition) is 1. The maximum absolute atomic E-state index is 12.2. The summed E-state index contributed by atoms with van der Waals surface area (Å²) in [6, 6.07) is 9.24. The number of benzene rings is 1. The van der Waals surface area contributed by atoms with Crippen LogP contribution in [0.5, 0.6) is 0 Å². The van der Waals surface area contributed by atoms with Crippen LogP contribution < -0.4 is 5.32 Å². The van der Waals surface area contributed by atoms with Gasteiger partial charge in [0.05, 0.1) is 10.5 Å². The molecule has 0 saturated carbocycles. The molecule has 21 heavy (non-hydrogen) atoms. The molecule has 110 valence electrons. The number of rotatable bonds is 3. The molecular weight excluding hydrogens is 304 g/mol. The van der Waals surface area contributed by atoms with Gasteiger partial charge in [0, 0.05) is 11.9 Å². The molecule has 1 aliphatic heterocycles. The third-order valence-corrected chi connectivity index (χ3v) is 5.15. The van der Waals surface area contributed by atoms with Crippen LogP contribution in [-0.2, 0) is 0 Å². The highest BCUT2D eigenvalue weighted by Gasteiger charge is 2.16. The van der Waals surface area contributed by atoms with E-state index in [0.717, 1.165) is 17.4 Å². The summed E-state index contributed by atoms with van der Waals surface area (Å²) < 4.78 is 0. The van der Waals surface area contributed by atoms with E-state index in [1.165, 1.54) is 24.3 Å². The van der Waals surface area contributed by atoms with E-state index in [1.807, 2.05) is 36.0 Å². The lowest BCUT2D eigenvalue weighted by molar-refractivity contribution is 0.0941. The summed E-state index contributed by atoms with van der Waals surface area (Å²) in [5.41, 5.74) is 1.15. The number of carbonyl (C=O) groups is 1. The van der Waals surface area contributed by atoms with Gasteiger partial charge in [-0.25, -0.2) is 4.98 Å². The van der Waals surface area contributed by atoms with Gasteiger partial charge in [-0.1, -0.05) is 29.8 Å². The zero-order valence-corrected chi connectivity index (χ0v) is 13.2. The predicted molar refractivity (Wildman–Crippen MR) is 89.1 cm³/mol. The Hall–Kier alpha value is -1.26. The van der Waals surface area contributed by atoms with E-state index in [9.17, 15) is 4.79 Å². The van der Waals surface area contributed by atoms with Crippen LogP contribution in [0.15, 0.2) is 30.3 Å². The molecule has 2 aromatic rings. The smallest absolute Gasteiger partial charge is 0.269 e. The van der Waals surface area contributed by atoms with E-state index in [4.69, 9.17) is 11.6 Å². The van der Waals surface area contributed by atoms with Gasteiger partial charge >= 0.3 is 0 Å². The van der Waals surface area contributed by atoms with Crippen molar-refractivity contribution >= 4 is 40.2 Å². The molecule has 0 bridgehead atoms. The standard InChI is InChI=1S/C16H17ClN2OS/c17-13-9-15(19-14-4-2-1-3-12(13)14)16(20)18-10-11-5-7-21-8-6-11/h1-4,9,11H,5-8,10H2,(H,18,20). The SMILES string of the molecule is O=C(NCC1CCSCC1)c1cc(Cl)c2ccccc2n1. The molecule has 1 saturated heterocycles. The van der Waals surface area contributed by atoms with Crippen LogP contribution in [-0.4, -0.2) is 28.9 Å². The Morgan fingerprint density at radius 3 is 2.90 bits per heavy atom. The molecule has 0 spiro atoms. The first-order chi connectivity index (χ1) is 10.2. The van der Waals surface area contributed by atoms with Crippen molar-refractivity contribution in [2.75, 3.05) is 18.1 Å². The first-order valence-corrected chi connectivity index (χ1v) is 8.68. The zero-order valence-electron chi connectivity index (χ0n) is 11.6. The van der Waals surface area contributed by atoms with Crippen molar-refractivity contribution in [1.29, 1.82) is 0 Å². The van der Waals surface area contributed by atoms with Crippen molar-refractivity contribution in [3.05, 3.63) is 41.0 Å². The Morgan fingerprint density at radius 2 is 2.10 bits per heavy atom. The van der Waals surface area contributed by atoms with Crippen molar-refractivity contribution < 1.29 is 4.79 Å². The number of pyridine rings is 1. The third kappa shape index (κ3) is 3.50.